The number of rotatable bonds is 4. The molecule has 0 N–H and O–H groups in total. The van der Waals surface area contributed by atoms with Crippen molar-refractivity contribution in [3.63, 3.8) is 0 Å². The molecule has 0 saturated carbocycles. The van der Waals surface area contributed by atoms with Gasteiger partial charge >= 0.3 is 6.09 Å². The lowest BCUT2D eigenvalue weighted by Crippen LogP contribution is -2.49. The van der Waals surface area contributed by atoms with E-state index in [4.69, 9.17) is 9.16 Å². The van der Waals surface area contributed by atoms with Crippen LogP contribution in [0.1, 0.15) is 47.1 Å². The third-order valence-electron chi connectivity index (χ3n) is 5.53. The number of carbonyl (C=O) groups excluding carboxylic acids is 1. The zero-order chi connectivity index (χ0) is 21.2. The Morgan fingerprint density at radius 2 is 1.50 bits per heavy atom. The van der Waals surface area contributed by atoms with Crippen LogP contribution in [-0.2, 0) is 11.3 Å². The number of hydrogen-bond acceptors (Lipinski definition) is 4. The second-order valence-corrected chi connectivity index (χ2v) is 15.0. The van der Waals surface area contributed by atoms with Gasteiger partial charge in [0.25, 0.3) is 0 Å². The Bertz CT molecular complexity index is 652. The van der Waals surface area contributed by atoms with E-state index in [1.807, 2.05) is 20.8 Å². The summed E-state index contributed by atoms with van der Waals surface area (Å²) in [5.74, 6) is 0.963. The average Bonchev–Trinajstić information content (AvgIpc) is 2.54. The second-order valence-electron chi connectivity index (χ2n) is 10.2. The van der Waals surface area contributed by atoms with Crippen molar-refractivity contribution in [2.24, 2.45) is 0 Å². The minimum atomic E-state index is -1.80. The van der Waals surface area contributed by atoms with Crippen LogP contribution in [0, 0.1) is 0 Å². The first-order valence-electron chi connectivity index (χ1n) is 10.3. The summed E-state index contributed by atoms with van der Waals surface area (Å²) in [4.78, 5) is 16.4. The minimum Gasteiger partial charge on any atom is -0.544 e. The lowest BCUT2D eigenvalue weighted by Gasteiger charge is -2.36. The summed E-state index contributed by atoms with van der Waals surface area (Å²) < 4.78 is 11.8. The van der Waals surface area contributed by atoms with Gasteiger partial charge < -0.3 is 14.1 Å². The molecule has 2 rings (SSSR count). The van der Waals surface area contributed by atoms with Gasteiger partial charge in [0.2, 0.25) is 8.32 Å². The van der Waals surface area contributed by atoms with Crippen LogP contribution in [0.15, 0.2) is 24.3 Å². The SMILES string of the molecule is CC(C)(C)OC(=O)N1CCN(Cc2ccc(O[Si](C)(C)C(C)(C)C)cc2)CC1. The summed E-state index contributed by atoms with van der Waals surface area (Å²) >= 11 is 0. The molecule has 0 spiro atoms. The van der Waals surface area contributed by atoms with E-state index in [0.717, 1.165) is 25.4 Å². The van der Waals surface area contributed by atoms with Crippen molar-refractivity contribution in [2.45, 2.75) is 71.8 Å². The molecule has 1 aliphatic heterocycles. The smallest absolute Gasteiger partial charge is 0.410 e. The van der Waals surface area contributed by atoms with E-state index in [-0.39, 0.29) is 11.1 Å². The summed E-state index contributed by atoms with van der Waals surface area (Å²) in [6.45, 7) is 21.0. The Kier molecular flexibility index (Phi) is 6.87. The summed E-state index contributed by atoms with van der Waals surface area (Å²) in [6, 6.07) is 8.49. The monoisotopic (exact) mass is 406 g/mol. The predicted octanol–water partition coefficient (Wildman–Crippen LogP) is 5.12. The number of nitrogens with zero attached hydrogens (tertiary/aromatic N) is 2. The fourth-order valence-electron chi connectivity index (χ4n) is 2.78. The van der Waals surface area contributed by atoms with Crippen molar-refractivity contribution in [3.05, 3.63) is 29.8 Å². The van der Waals surface area contributed by atoms with E-state index in [2.05, 4.69) is 63.0 Å². The Morgan fingerprint density at radius 3 is 1.96 bits per heavy atom. The molecule has 0 unspecified atom stereocenters. The quantitative estimate of drug-likeness (QED) is 0.651. The molecular formula is C22H38N2O3Si. The summed E-state index contributed by atoms with van der Waals surface area (Å²) in [5, 5.41) is 0.194. The standard InChI is InChI=1S/C22H38N2O3Si/c1-21(2,3)26-20(25)24-15-13-23(14-16-24)17-18-9-11-19(12-10-18)27-28(7,8)22(4,5)6/h9-12H,13-17H2,1-8H3. The lowest BCUT2D eigenvalue weighted by molar-refractivity contribution is 0.0139. The molecule has 1 fully saturated rings. The van der Waals surface area contributed by atoms with Crippen LogP contribution >= 0.6 is 0 Å². The molecule has 158 valence electrons. The normalized spacial score (nSPS) is 16.8. The van der Waals surface area contributed by atoms with E-state index in [0.29, 0.717) is 13.1 Å². The molecule has 1 heterocycles. The predicted molar refractivity (Wildman–Crippen MR) is 117 cm³/mol. The lowest BCUT2D eigenvalue weighted by atomic mass is 10.2. The highest BCUT2D eigenvalue weighted by atomic mass is 28.4. The zero-order valence-corrected chi connectivity index (χ0v) is 20.0. The van der Waals surface area contributed by atoms with Crippen LogP contribution < -0.4 is 4.43 Å². The topological polar surface area (TPSA) is 42.0 Å². The molecule has 0 aromatic heterocycles. The number of carbonyl (C=O) groups is 1. The molecule has 1 aromatic rings. The molecule has 0 bridgehead atoms. The average molecular weight is 407 g/mol. The number of benzene rings is 1. The molecule has 1 amide bonds. The van der Waals surface area contributed by atoms with E-state index >= 15 is 0 Å². The highest BCUT2D eigenvalue weighted by Gasteiger charge is 2.38. The van der Waals surface area contributed by atoms with Crippen LogP contribution in [0.4, 0.5) is 4.79 Å². The molecule has 0 radical (unpaired) electrons. The molecule has 1 aliphatic rings. The van der Waals surface area contributed by atoms with Crippen LogP contribution in [0.5, 0.6) is 5.75 Å². The molecule has 6 heteroatoms. The first kappa shape index (κ1) is 22.8. The Labute approximate surface area is 172 Å². The maximum Gasteiger partial charge on any atom is 0.410 e. The number of amides is 1. The highest BCUT2D eigenvalue weighted by molar-refractivity contribution is 6.74. The molecule has 28 heavy (non-hydrogen) atoms. The number of ether oxygens (including phenoxy) is 1. The Morgan fingerprint density at radius 1 is 0.964 bits per heavy atom. The van der Waals surface area contributed by atoms with Crippen LogP contribution in [0.25, 0.3) is 0 Å². The van der Waals surface area contributed by atoms with Gasteiger partial charge in [0.1, 0.15) is 11.4 Å². The maximum atomic E-state index is 12.2. The van der Waals surface area contributed by atoms with E-state index in [1.165, 1.54) is 5.56 Å². The number of hydrogen-bond donors (Lipinski definition) is 0. The summed E-state index contributed by atoms with van der Waals surface area (Å²) in [5.41, 5.74) is 0.830. The first-order chi connectivity index (χ1) is 12.8. The van der Waals surface area contributed by atoms with Crippen molar-refractivity contribution in [2.75, 3.05) is 26.2 Å². The van der Waals surface area contributed by atoms with Gasteiger partial charge in [-0.1, -0.05) is 32.9 Å². The first-order valence-corrected chi connectivity index (χ1v) is 13.2. The van der Waals surface area contributed by atoms with Crippen molar-refractivity contribution in [3.8, 4) is 5.75 Å². The van der Waals surface area contributed by atoms with Crippen molar-refractivity contribution < 1.29 is 14.0 Å². The van der Waals surface area contributed by atoms with E-state index in [1.54, 1.807) is 4.90 Å². The van der Waals surface area contributed by atoms with Gasteiger partial charge in [-0.25, -0.2) is 4.79 Å². The van der Waals surface area contributed by atoms with E-state index in [9.17, 15) is 4.79 Å². The van der Waals surface area contributed by atoms with Crippen molar-refractivity contribution >= 4 is 14.4 Å². The molecule has 1 saturated heterocycles. The zero-order valence-electron chi connectivity index (χ0n) is 19.0. The fraction of sp³-hybridized carbons (Fsp3) is 0.682. The van der Waals surface area contributed by atoms with Gasteiger partial charge in [-0.05, 0) is 56.6 Å². The highest BCUT2D eigenvalue weighted by Crippen LogP contribution is 2.37. The maximum absolute atomic E-state index is 12.2. The Balaban J connectivity index is 1.85. The van der Waals surface area contributed by atoms with Crippen LogP contribution in [0.2, 0.25) is 18.1 Å². The van der Waals surface area contributed by atoms with Gasteiger partial charge in [-0.3, -0.25) is 4.90 Å². The second kappa shape index (κ2) is 8.45. The third-order valence-corrected chi connectivity index (χ3v) is 9.89. The third kappa shape index (κ3) is 6.52. The van der Waals surface area contributed by atoms with Gasteiger partial charge in [-0.2, -0.15) is 0 Å². The summed E-state index contributed by atoms with van der Waals surface area (Å²) in [6.07, 6.45) is -0.209. The minimum absolute atomic E-state index is 0.194. The number of piperazine rings is 1. The van der Waals surface area contributed by atoms with Gasteiger partial charge in [0.15, 0.2) is 0 Å². The van der Waals surface area contributed by atoms with Crippen molar-refractivity contribution in [1.29, 1.82) is 0 Å². The van der Waals surface area contributed by atoms with Gasteiger partial charge in [0, 0.05) is 32.7 Å². The summed E-state index contributed by atoms with van der Waals surface area (Å²) in [7, 11) is -1.80. The van der Waals surface area contributed by atoms with Crippen molar-refractivity contribution in [1.82, 2.24) is 9.80 Å². The fourth-order valence-corrected chi connectivity index (χ4v) is 3.82. The molecule has 0 aliphatic carbocycles. The Hall–Kier alpha value is -1.53. The molecule has 5 nitrogen and oxygen atoms in total. The molecular weight excluding hydrogens is 368 g/mol. The molecule has 0 atom stereocenters. The van der Waals surface area contributed by atoms with Gasteiger partial charge in [0.05, 0.1) is 0 Å². The molecule has 1 aromatic carbocycles. The van der Waals surface area contributed by atoms with Gasteiger partial charge in [-0.15, -0.1) is 0 Å². The van der Waals surface area contributed by atoms with Crippen LogP contribution in [0.3, 0.4) is 0 Å². The van der Waals surface area contributed by atoms with Crippen LogP contribution in [-0.4, -0.2) is 56.0 Å². The largest absolute Gasteiger partial charge is 0.544 e. The van der Waals surface area contributed by atoms with E-state index < -0.39 is 13.9 Å².